The number of likely N-dealkylation sites (N-methyl/N-ethyl adjacent to an activating group) is 1. The van der Waals surface area contributed by atoms with Crippen molar-refractivity contribution in [3.05, 3.63) is 23.5 Å². The minimum absolute atomic E-state index is 0.274. The maximum atomic E-state index is 5.77. The highest BCUT2D eigenvalue weighted by molar-refractivity contribution is 5.26. The molecule has 1 aromatic rings. The van der Waals surface area contributed by atoms with Crippen LogP contribution < -0.4 is 10.1 Å². The summed E-state index contributed by atoms with van der Waals surface area (Å²) in [7, 11) is 1.68. The third-order valence-electron chi connectivity index (χ3n) is 3.56. The molecular weight excluding hydrogens is 254 g/mol. The lowest BCUT2D eigenvalue weighted by atomic mass is 10.2. The molecule has 5 nitrogen and oxygen atoms in total. The van der Waals surface area contributed by atoms with Crippen molar-refractivity contribution in [2.75, 3.05) is 39.9 Å². The van der Waals surface area contributed by atoms with Crippen LogP contribution in [-0.2, 0) is 11.3 Å². The second kappa shape index (κ2) is 7.57. The highest BCUT2D eigenvalue weighted by Crippen LogP contribution is 2.13. The molecule has 1 aromatic heterocycles. The summed E-state index contributed by atoms with van der Waals surface area (Å²) < 4.78 is 11.0. The van der Waals surface area contributed by atoms with Gasteiger partial charge in [-0.05, 0) is 13.5 Å². The van der Waals surface area contributed by atoms with Gasteiger partial charge in [0.15, 0.2) is 0 Å². The van der Waals surface area contributed by atoms with Crippen molar-refractivity contribution in [2.45, 2.75) is 26.5 Å². The highest BCUT2D eigenvalue weighted by Gasteiger charge is 2.18. The van der Waals surface area contributed by atoms with Gasteiger partial charge >= 0.3 is 0 Å². The molecule has 0 aromatic carbocycles. The summed E-state index contributed by atoms with van der Waals surface area (Å²) in [6, 6.07) is 3.91. The van der Waals surface area contributed by atoms with Crippen molar-refractivity contribution >= 4 is 0 Å². The molecule has 1 N–H and O–H groups in total. The van der Waals surface area contributed by atoms with Gasteiger partial charge in [0.2, 0.25) is 0 Å². The Morgan fingerprint density at radius 3 is 3.10 bits per heavy atom. The van der Waals surface area contributed by atoms with Gasteiger partial charge in [-0.25, -0.2) is 0 Å². The molecule has 112 valence electrons. The van der Waals surface area contributed by atoms with Crippen LogP contribution in [0.15, 0.2) is 12.1 Å². The molecule has 2 rings (SSSR count). The number of ether oxygens (including phenoxy) is 2. The largest absolute Gasteiger partial charge is 0.497 e. The SMILES string of the molecule is CCN1CCOC(CNCc2cc(OC)cc(C)n2)C1. The van der Waals surface area contributed by atoms with Gasteiger partial charge in [0.05, 0.1) is 25.5 Å². The second-order valence-corrected chi connectivity index (χ2v) is 5.16. The molecule has 1 aliphatic rings. The molecule has 0 amide bonds. The lowest BCUT2D eigenvalue weighted by molar-refractivity contribution is -0.0254. The van der Waals surface area contributed by atoms with E-state index in [2.05, 4.69) is 22.1 Å². The third kappa shape index (κ3) is 4.44. The van der Waals surface area contributed by atoms with Crippen molar-refractivity contribution in [1.29, 1.82) is 0 Å². The van der Waals surface area contributed by atoms with Gasteiger partial charge in [-0.15, -0.1) is 0 Å². The Bertz CT molecular complexity index is 426. The Kier molecular flexibility index (Phi) is 5.76. The predicted molar refractivity (Wildman–Crippen MR) is 79.1 cm³/mol. The molecule has 2 heterocycles. The Balaban J connectivity index is 1.79. The summed E-state index contributed by atoms with van der Waals surface area (Å²) in [6.45, 7) is 9.75. The summed E-state index contributed by atoms with van der Waals surface area (Å²) in [5, 5.41) is 3.42. The summed E-state index contributed by atoms with van der Waals surface area (Å²) in [4.78, 5) is 6.92. The van der Waals surface area contributed by atoms with E-state index in [4.69, 9.17) is 9.47 Å². The van der Waals surface area contributed by atoms with Crippen molar-refractivity contribution in [2.24, 2.45) is 0 Å². The van der Waals surface area contributed by atoms with Crippen LogP contribution in [0.1, 0.15) is 18.3 Å². The third-order valence-corrected chi connectivity index (χ3v) is 3.56. The number of nitrogens with zero attached hydrogens (tertiary/aromatic N) is 2. The zero-order valence-corrected chi connectivity index (χ0v) is 12.7. The van der Waals surface area contributed by atoms with E-state index < -0.39 is 0 Å². The van der Waals surface area contributed by atoms with Crippen molar-refractivity contribution in [1.82, 2.24) is 15.2 Å². The standard InChI is InChI=1S/C15H25N3O2/c1-4-18-5-6-20-15(11-18)10-16-9-13-8-14(19-3)7-12(2)17-13/h7-8,15-16H,4-6,9-11H2,1-3H3. The van der Waals surface area contributed by atoms with E-state index >= 15 is 0 Å². The molecule has 0 saturated carbocycles. The average molecular weight is 279 g/mol. The molecule has 1 fully saturated rings. The topological polar surface area (TPSA) is 46.6 Å². The first-order valence-electron chi connectivity index (χ1n) is 7.27. The Morgan fingerprint density at radius 1 is 1.50 bits per heavy atom. The Labute approximate surface area is 121 Å². The van der Waals surface area contributed by atoms with E-state index in [1.54, 1.807) is 7.11 Å². The van der Waals surface area contributed by atoms with Gasteiger partial charge in [0.25, 0.3) is 0 Å². The predicted octanol–water partition coefficient (Wildman–Crippen LogP) is 1.21. The molecular formula is C15H25N3O2. The summed E-state index contributed by atoms with van der Waals surface area (Å²) >= 11 is 0. The van der Waals surface area contributed by atoms with Gasteiger partial charge in [0.1, 0.15) is 5.75 Å². The number of aryl methyl sites for hydroxylation is 1. The molecule has 5 heteroatoms. The molecule has 1 unspecified atom stereocenters. The first-order valence-corrected chi connectivity index (χ1v) is 7.27. The molecule has 20 heavy (non-hydrogen) atoms. The molecule has 0 aliphatic carbocycles. The quantitative estimate of drug-likeness (QED) is 0.848. The van der Waals surface area contributed by atoms with Gasteiger partial charge in [0, 0.05) is 44.0 Å². The zero-order valence-electron chi connectivity index (χ0n) is 12.7. The van der Waals surface area contributed by atoms with E-state index in [1.807, 2.05) is 19.1 Å². The van der Waals surface area contributed by atoms with Crippen LogP contribution in [0.2, 0.25) is 0 Å². The maximum Gasteiger partial charge on any atom is 0.122 e. The fourth-order valence-electron chi connectivity index (χ4n) is 2.46. The first kappa shape index (κ1) is 15.2. The van der Waals surface area contributed by atoms with Gasteiger partial charge < -0.3 is 14.8 Å². The van der Waals surface area contributed by atoms with Gasteiger partial charge in [-0.2, -0.15) is 0 Å². The van der Waals surface area contributed by atoms with E-state index in [0.717, 1.165) is 56.5 Å². The van der Waals surface area contributed by atoms with Crippen molar-refractivity contribution in [3.63, 3.8) is 0 Å². The summed E-state index contributed by atoms with van der Waals surface area (Å²) in [5.41, 5.74) is 1.98. The fourth-order valence-corrected chi connectivity index (χ4v) is 2.46. The van der Waals surface area contributed by atoms with Crippen LogP contribution in [0.4, 0.5) is 0 Å². The first-order chi connectivity index (χ1) is 9.71. The average Bonchev–Trinajstić information content (AvgIpc) is 2.47. The minimum atomic E-state index is 0.274. The van der Waals surface area contributed by atoms with E-state index in [-0.39, 0.29) is 6.10 Å². The minimum Gasteiger partial charge on any atom is -0.497 e. The highest BCUT2D eigenvalue weighted by atomic mass is 16.5. The normalized spacial score (nSPS) is 20.1. The monoisotopic (exact) mass is 279 g/mol. The Morgan fingerprint density at radius 2 is 2.35 bits per heavy atom. The number of hydrogen-bond donors (Lipinski definition) is 1. The zero-order chi connectivity index (χ0) is 14.4. The second-order valence-electron chi connectivity index (χ2n) is 5.16. The molecule has 1 atom stereocenters. The summed E-state index contributed by atoms with van der Waals surface area (Å²) in [5.74, 6) is 0.861. The molecule has 0 radical (unpaired) electrons. The summed E-state index contributed by atoms with van der Waals surface area (Å²) in [6.07, 6.45) is 0.274. The van der Waals surface area contributed by atoms with Crippen molar-refractivity contribution < 1.29 is 9.47 Å². The Hall–Kier alpha value is -1.17. The number of methoxy groups -OCH3 is 1. The number of aromatic nitrogens is 1. The van der Waals surface area contributed by atoms with Crippen LogP contribution in [0.5, 0.6) is 5.75 Å². The van der Waals surface area contributed by atoms with E-state index in [0.29, 0.717) is 0 Å². The van der Waals surface area contributed by atoms with Gasteiger partial charge in [-0.3, -0.25) is 9.88 Å². The number of nitrogens with one attached hydrogen (secondary N) is 1. The van der Waals surface area contributed by atoms with Crippen LogP contribution in [0, 0.1) is 6.92 Å². The van der Waals surface area contributed by atoms with Crippen molar-refractivity contribution in [3.8, 4) is 5.75 Å². The number of hydrogen-bond acceptors (Lipinski definition) is 5. The van der Waals surface area contributed by atoms with Crippen LogP contribution in [0.25, 0.3) is 0 Å². The molecule has 1 aliphatic heterocycles. The van der Waals surface area contributed by atoms with Crippen LogP contribution in [-0.4, -0.2) is 55.9 Å². The van der Waals surface area contributed by atoms with Crippen LogP contribution in [0.3, 0.4) is 0 Å². The maximum absolute atomic E-state index is 5.77. The molecule has 0 bridgehead atoms. The lowest BCUT2D eigenvalue weighted by Crippen LogP contribution is -2.46. The lowest BCUT2D eigenvalue weighted by Gasteiger charge is -2.32. The van der Waals surface area contributed by atoms with E-state index in [9.17, 15) is 0 Å². The molecule has 0 spiro atoms. The smallest absolute Gasteiger partial charge is 0.122 e. The molecule has 1 saturated heterocycles. The van der Waals surface area contributed by atoms with E-state index in [1.165, 1.54) is 0 Å². The number of morpholine rings is 1. The number of rotatable bonds is 6. The van der Waals surface area contributed by atoms with Crippen LogP contribution >= 0.6 is 0 Å². The van der Waals surface area contributed by atoms with Gasteiger partial charge in [-0.1, -0.05) is 6.92 Å². The fraction of sp³-hybridized carbons (Fsp3) is 0.667. The number of pyridine rings is 1.